The van der Waals surface area contributed by atoms with Gasteiger partial charge in [-0.1, -0.05) is 11.6 Å². The van der Waals surface area contributed by atoms with E-state index in [1.807, 2.05) is 0 Å². The van der Waals surface area contributed by atoms with E-state index in [1.165, 1.54) is 40.3 Å². The minimum Gasteiger partial charge on any atom is -0.335 e. The average molecular weight is 430 g/mol. The first kappa shape index (κ1) is 20.5. The summed E-state index contributed by atoms with van der Waals surface area (Å²) in [4.78, 5) is 32.0. The molecule has 0 unspecified atom stereocenters. The number of alkyl halides is 2. The summed E-state index contributed by atoms with van der Waals surface area (Å²) in [6.45, 7) is 0.767. The molecule has 1 aromatic heterocycles. The van der Waals surface area contributed by atoms with Gasteiger partial charge < -0.3 is 9.80 Å². The highest BCUT2D eigenvalue weighted by Crippen LogP contribution is 2.27. The molecule has 0 saturated carbocycles. The number of thioether (sulfide) groups is 1. The first-order valence-corrected chi connectivity index (χ1v) is 9.56. The molecule has 2 aromatic rings. The molecule has 1 aliphatic rings. The first-order chi connectivity index (χ1) is 13.4. The molecule has 2 heterocycles. The third-order valence-corrected chi connectivity index (χ3v) is 5.18. The van der Waals surface area contributed by atoms with Gasteiger partial charge in [0.15, 0.2) is 0 Å². The Kier molecular flexibility index (Phi) is 6.46. The number of aromatic nitrogens is 1. The van der Waals surface area contributed by atoms with Crippen LogP contribution in [0.15, 0.2) is 41.6 Å². The molecule has 0 N–H and O–H groups in total. The maximum absolute atomic E-state index is 13.9. The van der Waals surface area contributed by atoms with Gasteiger partial charge in [0, 0.05) is 37.4 Å². The smallest absolute Gasteiger partial charge is 0.290 e. The number of amides is 2. The molecule has 148 valence electrons. The summed E-state index contributed by atoms with van der Waals surface area (Å²) in [6, 6.07) is 6.69. The molecule has 1 saturated heterocycles. The average Bonchev–Trinajstić information content (AvgIpc) is 2.69. The number of piperazine rings is 1. The molecule has 0 aliphatic carbocycles. The van der Waals surface area contributed by atoms with E-state index in [9.17, 15) is 22.8 Å². The predicted molar refractivity (Wildman–Crippen MR) is 99.3 cm³/mol. The van der Waals surface area contributed by atoms with Crippen LogP contribution < -0.4 is 0 Å². The molecule has 1 fully saturated rings. The zero-order chi connectivity index (χ0) is 20.3. The Labute approximate surface area is 168 Å². The van der Waals surface area contributed by atoms with Crippen LogP contribution in [-0.2, 0) is 0 Å². The predicted octanol–water partition coefficient (Wildman–Crippen LogP) is 3.79. The number of carbonyl (C=O) groups is 2. The molecule has 28 heavy (non-hydrogen) atoms. The van der Waals surface area contributed by atoms with Gasteiger partial charge in [0.2, 0.25) is 0 Å². The molecule has 2 amide bonds. The molecule has 5 nitrogen and oxygen atoms in total. The molecule has 0 spiro atoms. The zero-order valence-electron chi connectivity index (χ0n) is 14.4. The second-order valence-electron chi connectivity index (χ2n) is 5.94. The molecule has 0 radical (unpaired) electrons. The van der Waals surface area contributed by atoms with Crippen LogP contribution in [-0.4, -0.2) is 58.5 Å². The topological polar surface area (TPSA) is 53.5 Å². The van der Waals surface area contributed by atoms with Gasteiger partial charge in [-0.25, -0.2) is 9.37 Å². The van der Waals surface area contributed by atoms with Crippen LogP contribution in [0.1, 0.15) is 20.7 Å². The molecule has 0 atom stereocenters. The lowest BCUT2D eigenvalue weighted by Gasteiger charge is -2.35. The van der Waals surface area contributed by atoms with Crippen LogP contribution in [0.5, 0.6) is 0 Å². The van der Waals surface area contributed by atoms with Crippen molar-refractivity contribution < 1.29 is 22.8 Å². The van der Waals surface area contributed by atoms with Gasteiger partial charge in [-0.2, -0.15) is 8.78 Å². The summed E-state index contributed by atoms with van der Waals surface area (Å²) >= 11 is 6.04. The van der Waals surface area contributed by atoms with Crippen molar-refractivity contribution in [3.63, 3.8) is 0 Å². The summed E-state index contributed by atoms with van der Waals surface area (Å²) in [5.41, 5.74) is -0.0383. The number of hydrogen-bond donors (Lipinski definition) is 0. The Bertz CT molecular complexity index is 892. The normalized spacial score (nSPS) is 14.5. The maximum Gasteiger partial charge on any atom is 0.290 e. The lowest BCUT2D eigenvalue weighted by molar-refractivity contribution is 0.0530. The van der Waals surface area contributed by atoms with Crippen LogP contribution in [0, 0.1) is 5.82 Å². The Morgan fingerprint density at radius 1 is 1.04 bits per heavy atom. The first-order valence-electron chi connectivity index (χ1n) is 8.30. The van der Waals surface area contributed by atoms with E-state index in [0.717, 1.165) is 6.07 Å². The molecular formula is C18H15ClF3N3O2S. The van der Waals surface area contributed by atoms with Gasteiger partial charge >= 0.3 is 0 Å². The van der Waals surface area contributed by atoms with Gasteiger partial charge in [-0.3, -0.25) is 9.59 Å². The van der Waals surface area contributed by atoms with Crippen molar-refractivity contribution in [3.8, 4) is 0 Å². The van der Waals surface area contributed by atoms with E-state index in [-0.39, 0.29) is 59.1 Å². The Morgan fingerprint density at radius 2 is 1.64 bits per heavy atom. The van der Waals surface area contributed by atoms with E-state index in [2.05, 4.69) is 4.98 Å². The van der Waals surface area contributed by atoms with Gasteiger partial charge in [0.05, 0.1) is 11.1 Å². The number of pyridine rings is 1. The van der Waals surface area contributed by atoms with Crippen molar-refractivity contribution in [2.24, 2.45) is 0 Å². The fraction of sp³-hybridized carbons (Fsp3) is 0.278. The van der Waals surface area contributed by atoms with Gasteiger partial charge in [0.1, 0.15) is 10.8 Å². The molecular weight excluding hydrogens is 415 g/mol. The SMILES string of the molecule is O=C(c1cc(Cl)ccc1F)N1CCN(C(=O)c2cccnc2SC(F)F)CC1. The summed E-state index contributed by atoms with van der Waals surface area (Å²) < 4.78 is 39.3. The molecule has 1 aliphatic heterocycles. The van der Waals surface area contributed by atoms with E-state index in [4.69, 9.17) is 11.6 Å². The highest BCUT2D eigenvalue weighted by atomic mass is 35.5. The monoisotopic (exact) mass is 429 g/mol. The third kappa shape index (κ3) is 4.59. The molecule has 1 aromatic carbocycles. The van der Waals surface area contributed by atoms with E-state index < -0.39 is 23.4 Å². The number of nitrogens with zero attached hydrogens (tertiary/aromatic N) is 3. The minimum atomic E-state index is -2.69. The van der Waals surface area contributed by atoms with Crippen LogP contribution in [0.3, 0.4) is 0 Å². The lowest BCUT2D eigenvalue weighted by atomic mass is 10.1. The van der Waals surface area contributed by atoms with Gasteiger partial charge in [-0.05, 0) is 42.1 Å². The van der Waals surface area contributed by atoms with Gasteiger partial charge in [0.25, 0.3) is 17.6 Å². The number of carbonyl (C=O) groups excluding carboxylic acids is 2. The largest absolute Gasteiger partial charge is 0.335 e. The van der Waals surface area contributed by atoms with Gasteiger partial charge in [-0.15, -0.1) is 0 Å². The Morgan fingerprint density at radius 3 is 2.25 bits per heavy atom. The number of halogens is 4. The zero-order valence-corrected chi connectivity index (χ0v) is 16.0. The third-order valence-electron chi connectivity index (χ3n) is 4.22. The fourth-order valence-corrected chi connectivity index (χ4v) is 3.59. The molecule has 10 heteroatoms. The van der Waals surface area contributed by atoms with Crippen LogP contribution >= 0.6 is 23.4 Å². The number of hydrogen-bond acceptors (Lipinski definition) is 4. The van der Waals surface area contributed by atoms with Crippen LogP contribution in [0.25, 0.3) is 0 Å². The van der Waals surface area contributed by atoms with E-state index >= 15 is 0 Å². The number of benzene rings is 1. The van der Waals surface area contributed by atoms with E-state index in [0.29, 0.717) is 0 Å². The van der Waals surface area contributed by atoms with Crippen molar-refractivity contribution in [2.75, 3.05) is 26.2 Å². The highest BCUT2D eigenvalue weighted by Gasteiger charge is 2.28. The maximum atomic E-state index is 13.9. The fourth-order valence-electron chi connectivity index (χ4n) is 2.85. The quantitative estimate of drug-likeness (QED) is 0.694. The Balaban J connectivity index is 1.68. The number of rotatable bonds is 4. The van der Waals surface area contributed by atoms with Crippen molar-refractivity contribution in [2.45, 2.75) is 10.8 Å². The highest BCUT2D eigenvalue weighted by molar-refractivity contribution is 7.99. The summed E-state index contributed by atoms with van der Waals surface area (Å²) in [5.74, 6) is -4.31. The van der Waals surface area contributed by atoms with Crippen molar-refractivity contribution in [1.29, 1.82) is 0 Å². The summed E-state index contributed by atoms with van der Waals surface area (Å²) in [5, 5.41) is 0.209. The van der Waals surface area contributed by atoms with Crippen molar-refractivity contribution in [3.05, 3.63) is 58.5 Å². The summed E-state index contributed by atoms with van der Waals surface area (Å²) in [6.07, 6.45) is 1.34. The van der Waals surface area contributed by atoms with Crippen molar-refractivity contribution >= 4 is 35.2 Å². The molecule has 0 bridgehead atoms. The van der Waals surface area contributed by atoms with Crippen LogP contribution in [0.4, 0.5) is 13.2 Å². The minimum absolute atomic E-state index is 0.0398. The second kappa shape index (κ2) is 8.83. The Hall–Kier alpha value is -2.26. The van der Waals surface area contributed by atoms with Crippen molar-refractivity contribution in [1.82, 2.24) is 14.8 Å². The van der Waals surface area contributed by atoms with Crippen LogP contribution in [0.2, 0.25) is 5.02 Å². The standard InChI is InChI=1S/C18H15ClF3N3O2S/c19-11-3-4-14(20)13(10-11)17(27)25-8-6-24(7-9-25)16(26)12-2-1-5-23-15(12)28-18(21)22/h1-5,10,18H,6-9H2. The molecule has 3 rings (SSSR count). The lowest BCUT2D eigenvalue weighted by Crippen LogP contribution is -2.50. The van der Waals surface area contributed by atoms with E-state index in [1.54, 1.807) is 0 Å². The second-order valence-corrected chi connectivity index (χ2v) is 7.36. The summed E-state index contributed by atoms with van der Waals surface area (Å²) in [7, 11) is 0.